The molecule has 0 saturated heterocycles. The Morgan fingerprint density at radius 3 is 2.26 bits per heavy atom. The lowest BCUT2D eigenvalue weighted by Gasteiger charge is -2.10. The van der Waals surface area contributed by atoms with Gasteiger partial charge in [0.25, 0.3) is 0 Å². The number of methoxy groups -OCH3 is 4. The molecule has 0 aromatic heterocycles. The second-order valence-electron chi connectivity index (χ2n) is 5.65. The van der Waals surface area contributed by atoms with Gasteiger partial charge in [0.2, 0.25) is 0 Å². The number of esters is 1. The molecule has 0 spiro atoms. The van der Waals surface area contributed by atoms with E-state index < -0.39 is 5.97 Å². The minimum absolute atomic E-state index is 0.409. The fourth-order valence-electron chi connectivity index (χ4n) is 2.81. The largest absolute Gasteiger partial charge is 0.493 e. The lowest BCUT2D eigenvalue weighted by Crippen LogP contribution is -1.98. The fourth-order valence-corrected chi connectivity index (χ4v) is 2.81. The van der Waals surface area contributed by atoms with Gasteiger partial charge in [0.05, 0.1) is 34.0 Å². The van der Waals surface area contributed by atoms with Gasteiger partial charge in [0, 0.05) is 11.1 Å². The molecular weight excluding hydrogens is 348 g/mol. The molecule has 0 amide bonds. The van der Waals surface area contributed by atoms with Crippen LogP contribution in [0.3, 0.4) is 0 Å². The summed E-state index contributed by atoms with van der Waals surface area (Å²) in [5.74, 6) is 2.29. The molecule has 140 valence electrons. The van der Waals surface area contributed by atoms with Crippen LogP contribution in [0.2, 0.25) is 0 Å². The summed E-state index contributed by atoms with van der Waals surface area (Å²) < 4.78 is 26.7. The summed E-state index contributed by atoms with van der Waals surface area (Å²) >= 11 is 0. The molecule has 0 saturated carbocycles. The standard InChI is InChI=1S/C21H20O6/c1-23-16-9-8-13(11-19(16)25-3)18-12-15(21(22)27-18)10-14-6-5-7-17(24-2)20(14)26-4/h5-12H,1-4H3/b15-10+. The van der Waals surface area contributed by atoms with E-state index in [1.807, 2.05) is 12.1 Å². The smallest absolute Gasteiger partial charge is 0.343 e. The molecule has 0 bridgehead atoms. The zero-order valence-corrected chi connectivity index (χ0v) is 15.6. The summed E-state index contributed by atoms with van der Waals surface area (Å²) in [5, 5.41) is 0. The highest BCUT2D eigenvalue weighted by molar-refractivity contribution is 6.05. The molecule has 2 aromatic carbocycles. The Morgan fingerprint density at radius 1 is 0.852 bits per heavy atom. The summed E-state index contributed by atoms with van der Waals surface area (Å²) in [4.78, 5) is 12.3. The van der Waals surface area contributed by atoms with Gasteiger partial charge in [-0.15, -0.1) is 0 Å². The summed E-state index contributed by atoms with van der Waals surface area (Å²) in [6.45, 7) is 0. The quantitative estimate of drug-likeness (QED) is 0.572. The van der Waals surface area contributed by atoms with Gasteiger partial charge in [-0.25, -0.2) is 4.79 Å². The molecule has 2 aromatic rings. The molecule has 0 atom stereocenters. The molecule has 3 rings (SSSR count). The molecule has 1 heterocycles. The highest BCUT2D eigenvalue weighted by Crippen LogP contribution is 2.36. The van der Waals surface area contributed by atoms with Gasteiger partial charge in [-0.2, -0.15) is 0 Å². The number of carbonyl (C=O) groups excluding carboxylic acids is 1. The van der Waals surface area contributed by atoms with Crippen molar-refractivity contribution in [1.82, 2.24) is 0 Å². The monoisotopic (exact) mass is 368 g/mol. The second kappa shape index (κ2) is 7.86. The van der Waals surface area contributed by atoms with Gasteiger partial charge >= 0.3 is 5.97 Å². The van der Waals surface area contributed by atoms with E-state index in [1.165, 1.54) is 0 Å². The Kier molecular flexibility index (Phi) is 5.35. The number of ether oxygens (including phenoxy) is 5. The second-order valence-corrected chi connectivity index (χ2v) is 5.65. The minimum atomic E-state index is -0.440. The van der Waals surface area contributed by atoms with E-state index in [4.69, 9.17) is 23.7 Å². The summed E-state index contributed by atoms with van der Waals surface area (Å²) in [5.41, 5.74) is 1.84. The van der Waals surface area contributed by atoms with Crippen LogP contribution in [-0.2, 0) is 9.53 Å². The van der Waals surface area contributed by atoms with Crippen molar-refractivity contribution in [3.63, 3.8) is 0 Å². The zero-order chi connectivity index (χ0) is 19.4. The molecular formula is C21H20O6. The first kappa shape index (κ1) is 18.4. The van der Waals surface area contributed by atoms with Gasteiger partial charge < -0.3 is 23.7 Å². The highest BCUT2D eigenvalue weighted by Gasteiger charge is 2.23. The highest BCUT2D eigenvalue weighted by atomic mass is 16.5. The van der Waals surface area contributed by atoms with Crippen LogP contribution >= 0.6 is 0 Å². The molecule has 0 aliphatic carbocycles. The number of para-hydroxylation sites is 1. The van der Waals surface area contributed by atoms with E-state index in [0.717, 1.165) is 0 Å². The molecule has 27 heavy (non-hydrogen) atoms. The van der Waals surface area contributed by atoms with Crippen LogP contribution in [0.25, 0.3) is 11.8 Å². The molecule has 0 N–H and O–H groups in total. The van der Waals surface area contributed by atoms with Crippen molar-refractivity contribution in [3.8, 4) is 23.0 Å². The Balaban J connectivity index is 1.99. The summed E-state index contributed by atoms with van der Waals surface area (Å²) in [6, 6.07) is 10.8. The fraction of sp³-hybridized carbons (Fsp3) is 0.190. The zero-order valence-electron chi connectivity index (χ0n) is 15.6. The summed E-state index contributed by atoms with van der Waals surface area (Å²) in [7, 11) is 6.23. The Labute approximate surface area is 157 Å². The first-order valence-electron chi connectivity index (χ1n) is 8.20. The maximum absolute atomic E-state index is 12.3. The Bertz CT molecular complexity index is 926. The molecule has 0 fully saturated rings. The van der Waals surface area contributed by atoms with Crippen LogP contribution in [0.1, 0.15) is 11.1 Å². The van der Waals surface area contributed by atoms with Gasteiger partial charge in [0.15, 0.2) is 23.0 Å². The summed E-state index contributed by atoms with van der Waals surface area (Å²) in [6.07, 6.45) is 3.39. The average Bonchev–Trinajstić information content (AvgIpc) is 3.07. The van der Waals surface area contributed by atoms with Crippen molar-refractivity contribution >= 4 is 17.8 Å². The number of rotatable bonds is 6. The molecule has 6 heteroatoms. The number of hydrogen-bond donors (Lipinski definition) is 0. The van der Waals surface area contributed by atoms with E-state index in [1.54, 1.807) is 64.9 Å². The number of carbonyl (C=O) groups is 1. The van der Waals surface area contributed by atoms with Crippen molar-refractivity contribution in [3.05, 3.63) is 59.2 Å². The van der Waals surface area contributed by atoms with Gasteiger partial charge in [-0.05, 0) is 36.4 Å². The van der Waals surface area contributed by atoms with Crippen molar-refractivity contribution in [2.75, 3.05) is 28.4 Å². The van der Waals surface area contributed by atoms with Gasteiger partial charge in [-0.1, -0.05) is 12.1 Å². The van der Waals surface area contributed by atoms with E-state index in [2.05, 4.69) is 0 Å². The van der Waals surface area contributed by atoms with Crippen LogP contribution < -0.4 is 18.9 Å². The van der Waals surface area contributed by atoms with E-state index in [0.29, 0.717) is 45.5 Å². The topological polar surface area (TPSA) is 63.2 Å². The lowest BCUT2D eigenvalue weighted by molar-refractivity contribution is -0.130. The SMILES string of the molecule is COc1ccc(C2=C/C(=C\c3cccc(OC)c3OC)C(=O)O2)cc1OC. The number of hydrogen-bond acceptors (Lipinski definition) is 6. The van der Waals surface area contributed by atoms with E-state index in [-0.39, 0.29) is 0 Å². The van der Waals surface area contributed by atoms with Gasteiger partial charge in [0.1, 0.15) is 5.76 Å². The average molecular weight is 368 g/mol. The third-order valence-electron chi connectivity index (χ3n) is 4.14. The van der Waals surface area contributed by atoms with Crippen LogP contribution in [0.5, 0.6) is 23.0 Å². The van der Waals surface area contributed by atoms with Gasteiger partial charge in [-0.3, -0.25) is 0 Å². The van der Waals surface area contributed by atoms with E-state index >= 15 is 0 Å². The third kappa shape index (κ3) is 3.60. The Morgan fingerprint density at radius 2 is 1.59 bits per heavy atom. The van der Waals surface area contributed by atoms with E-state index in [9.17, 15) is 4.79 Å². The van der Waals surface area contributed by atoms with Crippen LogP contribution in [0.15, 0.2) is 48.0 Å². The molecule has 1 aliphatic rings. The normalized spacial score (nSPS) is 14.6. The molecule has 0 unspecified atom stereocenters. The first-order chi connectivity index (χ1) is 13.1. The lowest BCUT2D eigenvalue weighted by atomic mass is 10.1. The Hall–Kier alpha value is -3.41. The number of cyclic esters (lactones) is 1. The maximum atomic E-state index is 12.3. The predicted molar refractivity (Wildman–Crippen MR) is 101 cm³/mol. The van der Waals surface area contributed by atoms with Crippen LogP contribution in [-0.4, -0.2) is 34.4 Å². The van der Waals surface area contributed by atoms with Crippen LogP contribution in [0.4, 0.5) is 0 Å². The molecule has 6 nitrogen and oxygen atoms in total. The predicted octanol–water partition coefficient (Wildman–Crippen LogP) is 3.70. The van der Waals surface area contributed by atoms with Crippen molar-refractivity contribution in [2.24, 2.45) is 0 Å². The minimum Gasteiger partial charge on any atom is -0.493 e. The van der Waals surface area contributed by atoms with Crippen LogP contribution in [0, 0.1) is 0 Å². The maximum Gasteiger partial charge on any atom is 0.343 e. The molecule has 1 aliphatic heterocycles. The van der Waals surface area contributed by atoms with Crippen molar-refractivity contribution in [1.29, 1.82) is 0 Å². The molecule has 0 radical (unpaired) electrons. The first-order valence-corrected chi connectivity index (χ1v) is 8.20. The van der Waals surface area contributed by atoms with Crippen molar-refractivity contribution in [2.45, 2.75) is 0 Å². The third-order valence-corrected chi connectivity index (χ3v) is 4.14. The van der Waals surface area contributed by atoms with Crippen molar-refractivity contribution < 1.29 is 28.5 Å². The number of benzene rings is 2.